The Bertz CT molecular complexity index is 598. The molecular formula is C18H20Cl2O4. The largest absolute Gasteiger partial charge is 0.391 e. The molecule has 2 aromatic rings. The van der Waals surface area contributed by atoms with Crippen LogP contribution in [0.25, 0.3) is 0 Å². The van der Waals surface area contributed by atoms with E-state index in [4.69, 9.17) is 23.2 Å². The lowest BCUT2D eigenvalue weighted by atomic mass is 9.82. The molecule has 0 saturated carbocycles. The Balaban J connectivity index is 2.42. The van der Waals surface area contributed by atoms with Gasteiger partial charge in [0.25, 0.3) is 0 Å². The molecule has 0 radical (unpaired) electrons. The Morgan fingerprint density at radius 2 is 1.00 bits per heavy atom. The summed E-state index contributed by atoms with van der Waals surface area (Å²) in [5, 5.41) is 41.4. The van der Waals surface area contributed by atoms with E-state index in [0.717, 1.165) is 0 Å². The number of aliphatic hydroxyl groups is 4. The van der Waals surface area contributed by atoms with Crippen LogP contribution in [0.15, 0.2) is 48.5 Å². The summed E-state index contributed by atoms with van der Waals surface area (Å²) in [5.41, 5.74) is 1.43. The van der Waals surface area contributed by atoms with Gasteiger partial charge in [-0.3, -0.25) is 0 Å². The summed E-state index contributed by atoms with van der Waals surface area (Å²) in [7, 11) is 0. The van der Waals surface area contributed by atoms with Crippen LogP contribution in [0.3, 0.4) is 0 Å². The maximum absolute atomic E-state index is 10.7. The van der Waals surface area contributed by atoms with E-state index in [2.05, 4.69) is 0 Å². The van der Waals surface area contributed by atoms with Crippen LogP contribution in [0.1, 0.15) is 24.0 Å². The lowest BCUT2D eigenvalue weighted by molar-refractivity contribution is -0.103. The van der Waals surface area contributed by atoms with E-state index >= 15 is 0 Å². The Morgan fingerprint density at radius 1 is 0.625 bits per heavy atom. The highest BCUT2D eigenvalue weighted by Crippen LogP contribution is 2.32. The van der Waals surface area contributed by atoms with Gasteiger partial charge in [0.1, 0.15) is 12.2 Å². The van der Waals surface area contributed by atoms with E-state index in [9.17, 15) is 20.4 Å². The quantitative estimate of drug-likeness (QED) is 0.629. The fraction of sp³-hybridized carbons (Fsp3) is 0.333. The molecule has 6 heteroatoms. The molecule has 24 heavy (non-hydrogen) atoms. The summed E-state index contributed by atoms with van der Waals surface area (Å²) in [4.78, 5) is 0. The monoisotopic (exact) mass is 370 g/mol. The van der Waals surface area contributed by atoms with E-state index < -0.39 is 30.3 Å². The Morgan fingerprint density at radius 3 is 1.33 bits per heavy atom. The first kappa shape index (κ1) is 19.2. The standard InChI is InChI=1S/C18H20Cl2O4/c1-10(21)16(22)18(24)17(23)15(11-2-6-13(19)7-3-11)12-4-8-14(20)9-5-12/h2-10,15-18,21-24H,1H3/t10-,16-,17+,18-/m0/s1. The van der Waals surface area contributed by atoms with Crippen LogP contribution < -0.4 is 0 Å². The number of hydrogen-bond acceptors (Lipinski definition) is 4. The van der Waals surface area contributed by atoms with Crippen molar-refractivity contribution in [3.8, 4) is 0 Å². The molecule has 0 saturated heterocycles. The summed E-state index contributed by atoms with van der Waals surface area (Å²) in [6, 6.07) is 13.7. The molecular weight excluding hydrogens is 351 g/mol. The first-order chi connectivity index (χ1) is 11.3. The molecule has 4 atom stereocenters. The van der Waals surface area contributed by atoms with Crippen LogP contribution in [0.4, 0.5) is 0 Å². The molecule has 4 N–H and O–H groups in total. The fourth-order valence-electron chi connectivity index (χ4n) is 2.61. The first-order valence-corrected chi connectivity index (χ1v) is 8.30. The lowest BCUT2D eigenvalue weighted by Gasteiger charge is -2.31. The van der Waals surface area contributed by atoms with E-state index in [1.54, 1.807) is 48.5 Å². The Kier molecular flexibility index (Phi) is 6.63. The van der Waals surface area contributed by atoms with Crippen molar-refractivity contribution in [1.29, 1.82) is 0 Å². The molecule has 0 amide bonds. The number of halogens is 2. The third kappa shape index (κ3) is 4.48. The van der Waals surface area contributed by atoms with Crippen LogP contribution in [0.2, 0.25) is 10.0 Å². The molecule has 2 aromatic carbocycles. The molecule has 2 rings (SSSR count). The number of aliphatic hydroxyl groups excluding tert-OH is 4. The Hall–Kier alpha value is -1.14. The van der Waals surface area contributed by atoms with Gasteiger partial charge >= 0.3 is 0 Å². The van der Waals surface area contributed by atoms with Gasteiger partial charge in [0.05, 0.1) is 12.2 Å². The zero-order chi connectivity index (χ0) is 17.9. The average Bonchev–Trinajstić information content (AvgIpc) is 2.56. The van der Waals surface area contributed by atoms with E-state index in [0.29, 0.717) is 21.2 Å². The molecule has 0 fully saturated rings. The van der Waals surface area contributed by atoms with Gasteiger partial charge in [0.2, 0.25) is 0 Å². The third-order valence-corrected chi connectivity index (χ3v) is 4.50. The SMILES string of the molecule is C[C@H](O)[C@H](O)[C@H](O)[C@H](O)C(c1ccc(Cl)cc1)c1ccc(Cl)cc1. The second-order valence-corrected chi connectivity index (χ2v) is 6.67. The number of hydrogen-bond donors (Lipinski definition) is 4. The van der Waals surface area contributed by atoms with Crippen molar-refractivity contribution in [2.45, 2.75) is 37.3 Å². The molecule has 0 unspecified atom stereocenters. The normalized spacial score (nSPS) is 16.7. The van der Waals surface area contributed by atoms with Crippen LogP contribution in [0.5, 0.6) is 0 Å². The lowest BCUT2D eigenvalue weighted by Crippen LogP contribution is -2.46. The topological polar surface area (TPSA) is 80.9 Å². The van der Waals surface area contributed by atoms with E-state index in [1.165, 1.54) is 6.92 Å². The molecule has 4 nitrogen and oxygen atoms in total. The van der Waals surface area contributed by atoms with Crippen LogP contribution in [-0.2, 0) is 0 Å². The molecule has 130 valence electrons. The zero-order valence-electron chi connectivity index (χ0n) is 13.1. The molecule has 0 heterocycles. The van der Waals surface area contributed by atoms with Gasteiger partial charge in [0, 0.05) is 16.0 Å². The minimum absolute atomic E-state index is 0.549. The highest BCUT2D eigenvalue weighted by Gasteiger charge is 2.35. The molecule has 0 spiro atoms. The van der Waals surface area contributed by atoms with Crippen molar-refractivity contribution < 1.29 is 20.4 Å². The first-order valence-electron chi connectivity index (χ1n) is 7.54. The highest BCUT2D eigenvalue weighted by atomic mass is 35.5. The average molecular weight is 371 g/mol. The van der Waals surface area contributed by atoms with Gasteiger partial charge in [-0.1, -0.05) is 47.5 Å². The minimum atomic E-state index is -1.53. The maximum Gasteiger partial charge on any atom is 0.109 e. The second kappa shape index (κ2) is 8.30. The summed E-state index contributed by atoms with van der Waals surface area (Å²) in [6.07, 6.45) is -5.51. The van der Waals surface area contributed by atoms with Gasteiger partial charge in [-0.2, -0.15) is 0 Å². The summed E-state index contributed by atoms with van der Waals surface area (Å²) in [6.45, 7) is 1.35. The zero-order valence-corrected chi connectivity index (χ0v) is 14.6. The Labute approximate surface area is 150 Å². The highest BCUT2D eigenvalue weighted by molar-refractivity contribution is 6.30. The molecule has 0 bridgehead atoms. The summed E-state index contributed by atoms with van der Waals surface area (Å²) >= 11 is 11.8. The van der Waals surface area contributed by atoms with Crippen LogP contribution in [-0.4, -0.2) is 44.8 Å². The number of rotatable bonds is 6. The van der Waals surface area contributed by atoms with Gasteiger partial charge in [-0.05, 0) is 42.3 Å². The van der Waals surface area contributed by atoms with Crippen molar-refractivity contribution in [1.82, 2.24) is 0 Å². The summed E-state index contributed by atoms with van der Waals surface area (Å²) < 4.78 is 0. The van der Waals surface area contributed by atoms with Gasteiger partial charge in [0.15, 0.2) is 0 Å². The minimum Gasteiger partial charge on any atom is -0.391 e. The smallest absolute Gasteiger partial charge is 0.109 e. The molecule has 0 aliphatic heterocycles. The maximum atomic E-state index is 10.7. The van der Waals surface area contributed by atoms with Crippen molar-refractivity contribution in [3.63, 3.8) is 0 Å². The van der Waals surface area contributed by atoms with E-state index in [1.807, 2.05) is 0 Å². The predicted octanol–water partition coefficient (Wildman–Crippen LogP) is 2.59. The van der Waals surface area contributed by atoms with Crippen molar-refractivity contribution in [2.24, 2.45) is 0 Å². The van der Waals surface area contributed by atoms with Gasteiger partial charge in [-0.25, -0.2) is 0 Å². The van der Waals surface area contributed by atoms with Crippen molar-refractivity contribution in [2.75, 3.05) is 0 Å². The van der Waals surface area contributed by atoms with Crippen LogP contribution in [0, 0.1) is 0 Å². The van der Waals surface area contributed by atoms with Crippen molar-refractivity contribution in [3.05, 3.63) is 69.7 Å². The fourth-order valence-corrected chi connectivity index (χ4v) is 2.86. The van der Waals surface area contributed by atoms with Crippen molar-refractivity contribution >= 4 is 23.2 Å². The second-order valence-electron chi connectivity index (χ2n) is 5.79. The predicted molar refractivity (Wildman–Crippen MR) is 94.4 cm³/mol. The molecule has 0 aromatic heterocycles. The van der Waals surface area contributed by atoms with Crippen LogP contribution >= 0.6 is 23.2 Å². The molecule has 0 aliphatic carbocycles. The van der Waals surface area contributed by atoms with E-state index in [-0.39, 0.29) is 0 Å². The molecule has 0 aliphatic rings. The number of benzene rings is 2. The van der Waals surface area contributed by atoms with Gasteiger partial charge in [-0.15, -0.1) is 0 Å². The summed E-state index contributed by atoms with van der Waals surface area (Å²) in [5.74, 6) is -0.622. The van der Waals surface area contributed by atoms with Gasteiger partial charge < -0.3 is 20.4 Å². The third-order valence-electron chi connectivity index (χ3n) is 3.99.